The Morgan fingerprint density at radius 2 is 1.85 bits per heavy atom. The molecule has 0 aliphatic carbocycles. The highest BCUT2D eigenvalue weighted by Crippen LogP contribution is 2.28. The molecular formula is C21H26N2O3. The molecule has 1 fully saturated rings. The average molecular weight is 354 g/mol. The molecular weight excluding hydrogens is 328 g/mol. The lowest BCUT2D eigenvalue weighted by Gasteiger charge is -2.20. The molecule has 138 valence electrons. The summed E-state index contributed by atoms with van der Waals surface area (Å²) in [7, 11) is 1.65. The first-order chi connectivity index (χ1) is 12.4. The minimum Gasteiger partial charge on any atom is -0.485 e. The first kappa shape index (κ1) is 18.3. The summed E-state index contributed by atoms with van der Waals surface area (Å²) in [4.78, 5) is 14.8. The molecule has 0 radical (unpaired) electrons. The van der Waals surface area contributed by atoms with Gasteiger partial charge in [-0.15, -0.1) is 0 Å². The molecule has 3 rings (SSSR count). The summed E-state index contributed by atoms with van der Waals surface area (Å²) >= 11 is 0. The fraction of sp³-hybridized carbons (Fsp3) is 0.381. The molecule has 2 unspecified atom stereocenters. The molecule has 2 aromatic rings. The lowest BCUT2D eigenvalue weighted by atomic mass is 10.0. The van der Waals surface area contributed by atoms with Gasteiger partial charge in [0.25, 0.3) is 5.91 Å². The van der Waals surface area contributed by atoms with Crippen LogP contribution in [0.2, 0.25) is 0 Å². The first-order valence-corrected chi connectivity index (χ1v) is 8.81. The number of anilines is 1. The van der Waals surface area contributed by atoms with E-state index < -0.39 is 0 Å². The number of carbonyl (C=O) groups is 1. The maximum Gasteiger partial charge on any atom is 0.254 e. The molecule has 1 saturated heterocycles. The van der Waals surface area contributed by atoms with Gasteiger partial charge in [0, 0.05) is 23.9 Å². The van der Waals surface area contributed by atoms with Crippen LogP contribution in [0.15, 0.2) is 36.4 Å². The number of likely N-dealkylation sites (tertiary alicyclic amines) is 1. The number of ether oxygens (including phenoxy) is 2. The number of rotatable bonds is 4. The zero-order chi connectivity index (χ0) is 18.8. The van der Waals surface area contributed by atoms with Gasteiger partial charge in [-0.05, 0) is 44.5 Å². The molecule has 5 heteroatoms. The fourth-order valence-corrected chi connectivity index (χ4v) is 3.31. The lowest BCUT2D eigenvalue weighted by molar-refractivity contribution is 0.0337. The smallest absolute Gasteiger partial charge is 0.254 e. The van der Waals surface area contributed by atoms with Crippen molar-refractivity contribution >= 4 is 11.6 Å². The second-order valence-corrected chi connectivity index (χ2v) is 6.93. The SMILES string of the molecule is COC1CN(C(=O)c2cc(C)ccc2C)CC1Oc1cccc(N)c1C. The van der Waals surface area contributed by atoms with Gasteiger partial charge in [-0.25, -0.2) is 0 Å². The number of nitrogens with two attached hydrogens (primary N) is 1. The lowest BCUT2D eigenvalue weighted by Crippen LogP contribution is -2.32. The number of benzene rings is 2. The molecule has 2 N–H and O–H groups in total. The van der Waals surface area contributed by atoms with Gasteiger partial charge in [-0.3, -0.25) is 4.79 Å². The van der Waals surface area contributed by atoms with Crippen LogP contribution in [0.5, 0.6) is 5.75 Å². The molecule has 0 bridgehead atoms. The summed E-state index contributed by atoms with van der Waals surface area (Å²) < 4.78 is 11.7. The van der Waals surface area contributed by atoms with Crippen molar-refractivity contribution in [3.8, 4) is 5.75 Å². The van der Waals surface area contributed by atoms with Crippen molar-refractivity contribution in [2.45, 2.75) is 33.0 Å². The van der Waals surface area contributed by atoms with Gasteiger partial charge in [0.05, 0.1) is 13.1 Å². The van der Waals surface area contributed by atoms with E-state index in [-0.39, 0.29) is 18.1 Å². The maximum absolute atomic E-state index is 13.0. The predicted molar refractivity (Wildman–Crippen MR) is 103 cm³/mol. The van der Waals surface area contributed by atoms with Gasteiger partial charge >= 0.3 is 0 Å². The van der Waals surface area contributed by atoms with Crippen molar-refractivity contribution in [2.75, 3.05) is 25.9 Å². The van der Waals surface area contributed by atoms with E-state index in [4.69, 9.17) is 15.2 Å². The number of carbonyl (C=O) groups excluding carboxylic acids is 1. The summed E-state index contributed by atoms with van der Waals surface area (Å²) in [5.41, 5.74) is 10.4. The standard InChI is InChI=1S/C21H26N2O3/c1-13-8-9-14(2)16(10-13)21(24)23-11-19(25-4)20(12-23)26-18-7-5-6-17(22)15(18)3/h5-10,19-20H,11-12,22H2,1-4H3. The largest absolute Gasteiger partial charge is 0.485 e. The Bertz CT molecular complexity index is 819. The van der Waals surface area contributed by atoms with E-state index in [1.165, 1.54) is 0 Å². The molecule has 0 aromatic heterocycles. The monoisotopic (exact) mass is 354 g/mol. The number of nitrogens with zero attached hydrogens (tertiary/aromatic N) is 1. The van der Waals surface area contributed by atoms with E-state index in [2.05, 4.69) is 0 Å². The Morgan fingerprint density at radius 1 is 1.12 bits per heavy atom. The third-order valence-electron chi connectivity index (χ3n) is 5.03. The number of methoxy groups -OCH3 is 1. The van der Waals surface area contributed by atoms with E-state index in [1.54, 1.807) is 7.11 Å². The molecule has 0 saturated carbocycles. The maximum atomic E-state index is 13.0. The van der Waals surface area contributed by atoms with Gasteiger partial charge in [0.2, 0.25) is 0 Å². The van der Waals surface area contributed by atoms with E-state index in [9.17, 15) is 4.79 Å². The molecule has 1 heterocycles. The predicted octanol–water partition coefficient (Wildman–Crippen LogP) is 3.11. The zero-order valence-electron chi connectivity index (χ0n) is 15.8. The number of hydrogen-bond donors (Lipinski definition) is 1. The second-order valence-electron chi connectivity index (χ2n) is 6.93. The Morgan fingerprint density at radius 3 is 2.58 bits per heavy atom. The van der Waals surface area contributed by atoms with E-state index in [0.29, 0.717) is 18.8 Å². The molecule has 2 atom stereocenters. The number of nitrogen functional groups attached to an aromatic ring is 1. The van der Waals surface area contributed by atoms with Crippen LogP contribution >= 0.6 is 0 Å². The quantitative estimate of drug-likeness (QED) is 0.857. The molecule has 26 heavy (non-hydrogen) atoms. The van der Waals surface area contributed by atoms with E-state index in [1.807, 2.05) is 62.1 Å². The van der Waals surface area contributed by atoms with Crippen molar-refractivity contribution in [1.82, 2.24) is 4.90 Å². The Hall–Kier alpha value is -2.53. The van der Waals surface area contributed by atoms with Gasteiger partial charge in [0.1, 0.15) is 18.0 Å². The summed E-state index contributed by atoms with van der Waals surface area (Å²) in [5.74, 6) is 0.752. The van der Waals surface area contributed by atoms with Crippen LogP contribution in [0.1, 0.15) is 27.0 Å². The molecule has 2 aromatic carbocycles. The van der Waals surface area contributed by atoms with Crippen LogP contribution < -0.4 is 10.5 Å². The first-order valence-electron chi connectivity index (χ1n) is 8.81. The van der Waals surface area contributed by atoms with Crippen LogP contribution in [0.3, 0.4) is 0 Å². The molecule has 5 nitrogen and oxygen atoms in total. The average Bonchev–Trinajstić information content (AvgIpc) is 3.03. The van der Waals surface area contributed by atoms with E-state index >= 15 is 0 Å². The van der Waals surface area contributed by atoms with Gasteiger partial charge in [-0.1, -0.05) is 23.8 Å². The van der Waals surface area contributed by atoms with E-state index in [0.717, 1.165) is 28.0 Å². The highest BCUT2D eigenvalue weighted by atomic mass is 16.5. The topological polar surface area (TPSA) is 64.8 Å². The number of hydrogen-bond acceptors (Lipinski definition) is 4. The van der Waals surface area contributed by atoms with Crippen LogP contribution in [0.4, 0.5) is 5.69 Å². The second kappa shape index (κ2) is 7.38. The van der Waals surface area contributed by atoms with Crippen LogP contribution in [-0.4, -0.2) is 43.2 Å². The van der Waals surface area contributed by atoms with Crippen LogP contribution in [-0.2, 0) is 4.74 Å². The Labute approximate surface area is 154 Å². The summed E-state index contributed by atoms with van der Waals surface area (Å²) in [5, 5.41) is 0. The number of amides is 1. The molecule has 1 aliphatic heterocycles. The fourth-order valence-electron chi connectivity index (χ4n) is 3.31. The summed E-state index contributed by atoms with van der Waals surface area (Å²) in [6.45, 7) is 6.88. The van der Waals surface area contributed by atoms with Crippen LogP contribution in [0, 0.1) is 20.8 Å². The van der Waals surface area contributed by atoms with Gasteiger partial charge in [0.15, 0.2) is 0 Å². The molecule has 1 aliphatic rings. The van der Waals surface area contributed by atoms with Crippen molar-refractivity contribution in [1.29, 1.82) is 0 Å². The van der Waals surface area contributed by atoms with Gasteiger partial charge < -0.3 is 20.1 Å². The van der Waals surface area contributed by atoms with Crippen molar-refractivity contribution < 1.29 is 14.3 Å². The minimum absolute atomic E-state index is 0.0173. The highest BCUT2D eigenvalue weighted by Gasteiger charge is 2.38. The zero-order valence-corrected chi connectivity index (χ0v) is 15.8. The summed E-state index contributed by atoms with van der Waals surface area (Å²) in [6.07, 6.45) is -0.403. The molecule has 0 spiro atoms. The van der Waals surface area contributed by atoms with Crippen molar-refractivity contribution in [3.63, 3.8) is 0 Å². The Balaban J connectivity index is 1.79. The minimum atomic E-state index is -0.227. The third kappa shape index (κ3) is 3.53. The third-order valence-corrected chi connectivity index (χ3v) is 5.03. The van der Waals surface area contributed by atoms with Gasteiger partial charge in [-0.2, -0.15) is 0 Å². The van der Waals surface area contributed by atoms with Crippen molar-refractivity contribution in [3.05, 3.63) is 58.7 Å². The van der Waals surface area contributed by atoms with Crippen molar-refractivity contribution in [2.24, 2.45) is 0 Å². The highest BCUT2D eigenvalue weighted by molar-refractivity contribution is 5.96. The Kier molecular flexibility index (Phi) is 5.18. The van der Waals surface area contributed by atoms with Crippen LogP contribution in [0.25, 0.3) is 0 Å². The summed E-state index contributed by atoms with van der Waals surface area (Å²) in [6, 6.07) is 11.6. The molecule has 1 amide bonds. The normalized spacial score (nSPS) is 19.6. The number of aryl methyl sites for hydroxylation is 2.